The molecule has 0 nitrogen and oxygen atoms in total. The molecule has 0 heterocycles. The van der Waals surface area contributed by atoms with Crippen LogP contribution >= 0.6 is 15.9 Å². The van der Waals surface area contributed by atoms with Gasteiger partial charge in [-0.1, -0.05) is 0 Å². The summed E-state index contributed by atoms with van der Waals surface area (Å²) in [5.41, 5.74) is 4.49. The number of fused-ring (bicyclic) bond motifs is 1. The monoisotopic (exact) mass is 395 g/mol. The summed E-state index contributed by atoms with van der Waals surface area (Å²) in [5.74, 6) is 0.665. The molecule has 4 heteroatoms. The number of rotatable bonds is 1. The van der Waals surface area contributed by atoms with Crippen molar-refractivity contribution in [3.8, 4) is 0 Å². The third-order valence-corrected chi connectivity index (χ3v) is 4.98. The molecule has 1 aromatic rings. The normalized spacial score (nSPS) is 17.4. The zero-order valence-electron chi connectivity index (χ0n) is 9.10. The van der Waals surface area contributed by atoms with E-state index in [1.54, 1.807) is 30.3 Å². The Morgan fingerprint density at radius 1 is 1.25 bits per heavy atom. The topological polar surface area (TPSA) is 0 Å². The molecule has 0 amide bonds. The molecule has 0 bridgehead atoms. The van der Waals surface area contributed by atoms with Crippen LogP contribution in [-0.4, -0.2) is 0 Å². The molecular weight excluding hydrogens is 386 g/mol. The molecule has 0 saturated heterocycles. The van der Waals surface area contributed by atoms with Crippen molar-refractivity contribution in [2.45, 2.75) is 17.5 Å². The molecule has 0 saturated carbocycles. The van der Waals surface area contributed by atoms with E-state index in [1.807, 2.05) is 0 Å². The van der Waals surface area contributed by atoms with Gasteiger partial charge in [0.25, 0.3) is 0 Å². The number of allylic oxidation sites excluding steroid dienone is 1. The van der Waals surface area contributed by atoms with Crippen molar-refractivity contribution in [3.05, 3.63) is 39.4 Å². The van der Waals surface area contributed by atoms with Crippen molar-refractivity contribution in [1.82, 2.24) is 0 Å². The molecule has 1 aliphatic rings. The molecule has 2 rings (SSSR count). The van der Waals surface area contributed by atoms with Crippen LogP contribution in [0.15, 0.2) is 28.2 Å². The standard InChI is InChI=1S/C12H12Br.2ClH.Zr/c1-8(2)10-6-9-4-3-5-12(13)11(9)7-10;;;/h3-8H,1-2H3;2*1H;/q;;;+2/p-2. The van der Waals surface area contributed by atoms with Gasteiger partial charge in [-0.3, -0.25) is 0 Å². The van der Waals surface area contributed by atoms with Crippen LogP contribution in [0.3, 0.4) is 0 Å². The fourth-order valence-electron chi connectivity index (χ4n) is 1.89. The zero-order chi connectivity index (χ0) is 10.3. The Balaban J connectivity index is 0.00000112. The molecule has 1 atom stereocenters. The Morgan fingerprint density at radius 3 is 2.38 bits per heavy atom. The van der Waals surface area contributed by atoms with Gasteiger partial charge in [0.05, 0.1) is 0 Å². The van der Waals surface area contributed by atoms with Gasteiger partial charge in [-0.25, -0.2) is 0 Å². The predicted molar refractivity (Wildman–Crippen MR) is 59.7 cm³/mol. The van der Waals surface area contributed by atoms with Gasteiger partial charge in [-0.2, -0.15) is 0 Å². The summed E-state index contributed by atoms with van der Waals surface area (Å²) in [5, 5.41) is 0. The minimum absolute atomic E-state index is 0. The second-order valence-electron chi connectivity index (χ2n) is 3.97. The van der Waals surface area contributed by atoms with Gasteiger partial charge in [0.2, 0.25) is 0 Å². The Hall–Kier alpha value is 0.903. The van der Waals surface area contributed by atoms with Crippen molar-refractivity contribution >= 4 is 22.0 Å². The maximum atomic E-state index is 3.62. The molecule has 1 unspecified atom stereocenters. The summed E-state index contributed by atoms with van der Waals surface area (Å²) >= 11 is 5.21. The van der Waals surface area contributed by atoms with Crippen molar-refractivity contribution in [2.24, 2.45) is 5.92 Å². The second kappa shape index (κ2) is 6.73. The van der Waals surface area contributed by atoms with Gasteiger partial charge in [0, 0.05) is 0 Å². The number of hydrogen-bond acceptors (Lipinski definition) is 0. The van der Waals surface area contributed by atoms with E-state index in [-0.39, 0.29) is 24.8 Å². The van der Waals surface area contributed by atoms with Crippen LogP contribution in [0.4, 0.5) is 0 Å². The zero-order valence-corrected chi connectivity index (χ0v) is 14.7. The van der Waals surface area contributed by atoms with Crippen LogP contribution in [0, 0.1) is 5.92 Å². The average molecular weight is 398 g/mol. The Bertz CT molecular complexity index is 402. The largest absolute Gasteiger partial charge is 1.00 e. The first-order valence-electron chi connectivity index (χ1n) is 4.82. The number of hydrogen-bond donors (Lipinski definition) is 0. The summed E-state index contributed by atoms with van der Waals surface area (Å²) in [6.45, 7) is 4.56. The minimum Gasteiger partial charge on any atom is -1.00 e. The second-order valence-corrected chi connectivity index (χ2v) is 6.25. The summed E-state index contributed by atoms with van der Waals surface area (Å²) in [4.78, 5) is 0. The van der Waals surface area contributed by atoms with Gasteiger partial charge in [-0.15, -0.1) is 0 Å². The van der Waals surface area contributed by atoms with E-state index < -0.39 is 0 Å². The molecule has 1 aliphatic carbocycles. The maximum absolute atomic E-state index is 3.62. The third-order valence-electron chi connectivity index (χ3n) is 2.71. The molecule has 0 N–H and O–H groups in total. The Morgan fingerprint density at radius 2 is 1.88 bits per heavy atom. The van der Waals surface area contributed by atoms with Crippen LogP contribution in [0.5, 0.6) is 0 Å². The summed E-state index contributed by atoms with van der Waals surface area (Å²) in [6, 6.07) is 6.52. The van der Waals surface area contributed by atoms with Crippen LogP contribution in [0.25, 0.3) is 6.08 Å². The molecule has 85 valence electrons. The molecule has 0 fully saturated rings. The van der Waals surface area contributed by atoms with E-state index in [4.69, 9.17) is 0 Å². The van der Waals surface area contributed by atoms with Crippen LogP contribution in [0.1, 0.15) is 28.6 Å². The summed E-state index contributed by atoms with van der Waals surface area (Å²) in [7, 11) is 0. The van der Waals surface area contributed by atoms with E-state index in [2.05, 4.69) is 54.1 Å². The first kappa shape index (κ1) is 16.9. The SMILES string of the molecule is CC(C)C1=Cc2c(Br)cccc2[CH]1[Zr+2].[Cl-].[Cl-]. The average Bonchev–Trinajstić information content (AvgIpc) is 2.46. The molecule has 0 radical (unpaired) electrons. The molecule has 1 aromatic carbocycles. The maximum Gasteiger partial charge on any atom is -1.00 e. The van der Waals surface area contributed by atoms with E-state index in [0.29, 0.717) is 9.54 Å². The fraction of sp³-hybridized carbons (Fsp3) is 0.333. The van der Waals surface area contributed by atoms with Gasteiger partial charge >= 0.3 is 109 Å². The third kappa shape index (κ3) is 3.02. The van der Waals surface area contributed by atoms with E-state index in [1.165, 1.54) is 15.6 Å². The smallest absolute Gasteiger partial charge is 1.00 e. The van der Waals surface area contributed by atoms with Crippen LogP contribution < -0.4 is 24.8 Å². The molecule has 0 aliphatic heterocycles. The molecular formula is C12H12BrCl2Zr. The molecule has 0 spiro atoms. The quantitative estimate of drug-likeness (QED) is 0.519. The van der Waals surface area contributed by atoms with Crippen molar-refractivity contribution in [2.75, 3.05) is 0 Å². The van der Waals surface area contributed by atoms with Gasteiger partial charge in [0.1, 0.15) is 0 Å². The first-order chi connectivity index (χ1) is 6.61. The number of benzene rings is 1. The molecule has 0 aromatic heterocycles. The summed E-state index contributed by atoms with van der Waals surface area (Å²) < 4.78 is 1.91. The van der Waals surface area contributed by atoms with Crippen molar-refractivity contribution in [3.63, 3.8) is 0 Å². The van der Waals surface area contributed by atoms with Crippen LogP contribution in [0.2, 0.25) is 0 Å². The van der Waals surface area contributed by atoms with Gasteiger partial charge in [0.15, 0.2) is 0 Å². The predicted octanol–water partition coefficient (Wildman–Crippen LogP) is -1.90. The van der Waals surface area contributed by atoms with Crippen LogP contribution in [-0.2, 0) is 24.7 Å². The minimum atomic E-state index is 0. The van der Waals surface area contributed by atoms with Gasteiger partial charge < -0.3 is 24.8 Å². The first-order valence-corrected chi connectivity index (χ1v) is 7.03. The van der Waals surface area contributed by atoms with E-state index in [0.717, 1.165) is 0 Å². The van der Waals surface area contributed by atoms with Crippen molar-refractivity contribution < 1.29 is 49.5 Å². The van der Waals surface area contributed by atoms with E-state index in [9.17, 15) is 0 Å². The number of halogens is 3. The summed E-state index contributed by atoms with van der Waals surface area (Å²) in [6.07, 6.45) is 2.36. The Labute approximate surface area is 133 Å². The van der Waals surface area contributed by atoms with Gasteiger partial charge in [-0.05, 0) is 0 Å². The molecule has 16 heavy (non-hydrogen) atoms. The fourth-order valence-corrected chi connectivity index (χ4v) is 4.03. The van der Waals surface area contributed by atoms with E-state index >= 15 is 0 Å². The van der Waals surface area contributed by atoms with Crippen molar-refractivity contribution in [1.29, 1.82) is 0 Å². The Kier molecular flexibility index (Phi) is 7.11.